The lowest BCUT2D eigenvalue weighted by Crippen LogP contribution is -2.32. The fourth-order valence-corrected chi connectivity index (χ4v) is 5.14. The standard InChI is InChI=1S/C23H24Cl3N5OS/c24-17-9-7-16(8-10-17)22-28-29-23(31(22)14-13-30-11-2-1-3-12-30)33-15-20(32)27-21-18(25)5-4-6-19(21)26/h4-10H,1-3,11-15H2,(H,27,32). The van der Waals surface area contributed by atoms with Crippen molar-refractivity contribution in [3.63, 3.8) is 0 Å². The number of halogens is 3. The Labute approximate surface area is 212 Å². The zero-order valence-corrected chi connectivity index (χ0v) is 21.0. The molecule has 1 aliphatic rings. The molecule has 1 saturated heterocycles. The number of carbonyl (C=O) groups excluding carboxylic acids is 1. The number of hydrogen-bond acceptors (Lipinski definition) is 5. The van der Waals surface area contributed by atoms with Crippen molar-refractivity contribution in [3.8, 4) is 11.4 Å². The molecule has 174 valence electrons. The number of likely N-dealkylation sites (tertiary alicyclic amines) is 1. The van der Waals surface area contributed by atoms with E-state index in [-0.39, 0.29) is 11.7 Å². The van der Waals surface area contributed by atoms with Gasteiger partial charge in [0.1, 0.15) is 0 Å². The van der Waals surface area contributed by atoms with Gasteiger partial charge in [0.2, 0.25) is 5.91 Å². The summed E-state index contributed by atoms with van der Waals surface area (Å²) in [6.07, 6.45) is 3.77. The monoisotopic (exact) mass is 523 g/mol. The second-order valence-electron chi connectivity index (χ2n) is 7.80. The van der Waals surface area contributed by atoms with Crippen molar-refractivity contribution in [2.75, 3.05) is 30.7 Å². The van der Waals surface area contributed by atoms with Gasteiger partial charge < -0.3 is 14.8 Å². The molecule has 3 aromatic rings. The van der Waals surface area contributed by atoms with Crippen LogP contribution in [0.2, 0.25) is 15.1 Å². The third-order valence-electron chi connectivity index (χ3n) is 5.47. The fraction of sp³-hybridized carbons (Fsp3) is 0.348. The van der Waals surface area contributed by atoms with Crippen LogP contribution in [0.4, 0.5) is 5.69 Å². The van der Waals surface area contributed by atoms with Gasteiger partial charge in [0.15, 0.2) is 11.0 Å². The van der Waals surface area contributed by atoms with E-state index in [1.807, 2.05) is 24.3 Å². The Hall–Kier alpha value is -1.77. The van der Waals surface area contributed by atoms with E-state index in [0.717, 1.165) is 37.6 Å². The average Bonchev–Trinajstić information content (AvgIpc) is 3.23. The van der Waals surface area contributed by atoms with Gasteiger partial charge in [0, 0.05) is 23.7 Å². The molecule has 1 aromatic heterocycles. The maximum Gasteiger partial charge on any atom is 0.234 e. The molecule has 1 aliphatic heterocycles. The van der Waals surface area contributed by atoms with Crippen LogP contribution in [0.3, 0.4) is 0 Å². The maximum atomic E-state index is 12.6. The first-order chi connectivity index (χ1) is 16.0. The van der Waals surface area contributed by atoms with Crippen LogP contribution in [0.25, 0.3) is 11.4 Å². The lowest BCUT2D eigenvalue weighted by Gasteiger charge is -2.26. The van der Waals surface area contributed by atoms with Gasteiger partial charge in [-0.1, -0.05) is 59.1 Å². The molecule has 0 saturated carbocycles. The van der Waals surface area contributed by atoms with Crippen molar-refractivity contribution in [2.24, 2.45) is 0 Å². The van der Waals surface area contributed by atoms with Crippen LogP contribution in [-0.2, 0) is 11.3 Å². The van der Waals surface area contributed by atoms with Crippen molar-refractivity contribution in [1.82, 2.24) is 19.7 Å². The summed E-state index contributed by atoms with van der Waals surface area (Å²) < 4.78 is 2.08. The highest BCUT2D eigenvalue weighted by Crippen LogP contribution is 2.30. The molecule has 2 aromatic carbocycles. The lowest BCUT2D eigenvalue weighted by atomic mass is 10.1. The van der Waals surface area contributed by atoms with Gasteiger partial charge in [-0.2, -0.15) is 0 Å². The van der Waals surface area contributed by atoms with Crippen molar-refractivity contribution in [3.05, 3.63) is 57.5 Å². The fourth-order valence-electron chi connectivity index (χ4n) is 3.76. The van der Waals surface area contributed by atoms with Crippen LogP contribution < -0.4 is 5.32 Å². The number of thioether (sulfide) groups is 1. The third kappa shape index (κ3) is 6.43. The van der Waals surface area contributed by atoms with E-state index in [2.05, 4.69) is 25.0 Å². The highest BCUT2D eigenvalue weighted by molar-refractivity contribution is 7.99. The Morgan fingerprint density at radius 2 is 1.64 bits per heavy atom. The van der Waals surface area contributed by atoms with Crippen LogP contribution in [0.5, 0.6) is 0 Å². The summed E-state index contributed by atoms with van der Waals surface area (Å²) in [5.41, 5.74) is 1.35. The van der Waals surface area contributed by atoms with E-state index < -0.39 is 0 Å². The Morgan fingerprint density at radius 1 is 0.939 bits per heavy atom. The first-order valence-electron chi connectivity index (χ1n) is 10.8. The molecule has 0 unspecified atom stereocenters. The Kier molecular flexibility index (Phi) is 8.55. The number of nitrogens with zero attached hydrogens (tertiary/aromatic N) is 4. The van der Waals surface area contributed by atoms with Crippen molar-refractivity contribution >= 4 is 58.2 Å². The molecule has 0 bridgehead atoms. The van der Waals surface area contributed by atoms with Crippen LogP contribution in [0.15, 0.2) is 47.6 Å². The largest absolute Gasteiger partial charge is 0.323 e. The van der Waals surface area contributed by atoms with E-state index in [4.69, 9.17) is 34.8 Å². The minimum Gasteiger partial charge on any atom is -0.323 e. The van der Waals surface area contributed by atoms with E-state index in [9.17, 15) is 4.79 Å². The molecule has 10 heteroatoms. The highest BCUT2D eigenvalue weighted by atomic mass is 35.5. The first kappa shape index (κ1) is 24.4. The Bertz CT molecular complexity index is 1080. The van der Waals surface area contributed by atoms with Gasteiger partial charge in [0.05, 0.1) is 21.5 Å². The van der Waals surface area contributed by atoms with Crippen LogP contribution >= 0.6 is 46.6 Å². The molecule has 2 heterocycles. The Morgan fingerprint density at radius 3 is 2.33 bits per heavy atom. The molecule has 6 nitrogen and oxygen atoms in total. The van der Waals surface area contributed by atoms with Gasteiger partial charge in [-0.3, -0.25) is 4.79 Å². The number of piperidine rings is 1. The van der Waals surface area contributed by atoms with Crippen molar-refractivity contribution in [2.45, 2.75) is 31.0 Å². The number of carbonyl (C=O) groups is 1. The molecule has 0 atom stereocenters. The predicted octanol–water partition coefficient (Wildman–Crippen LogP) is 6.12. The maximum absolute atomic E-state index is 12.6. The number of aromatic nitrogens is 3. The number of para-hydroxylation sites is 1. The number of rotatable bonds is 8. The molecule has 1 fully saturated rings. The summed E-state index contributed by atoms with van der Waals surface area (Å²) >= 11 is 19.7. The van der Waals surface area contributed by atoms with Gasteiger partial charge >= 0.3 is 0 Å². The zero-order valence-electron chi connectivity index (χ0n) is 17.9. The van der Waals surface area contributed by atoms with Gasteiger partial charge in [-0.15, -0.1) is 10.2 Å². The second kappa shape index (κ2) is 11.6. The number of nitrogens with one attached hydrogen (secondary N) is 1. The van der Waals surface area contributed by atoms with Crippen LogP contribution in [0, 0.1) is 0 Å². The molecular weight excluding hydrogens is 501 g/mol. The Balaban J connectivity index is 1.49. The SMILES string of the molecule is O=C(CSc1nnc(-c2ccc(Cl)cc2)n1CCN1CCCCC1)Nc1c(Cl)cccc1Cl. The molecule has 1 N–H and O–H groups in total. The summed E-state index contributed by atoms with van der Waals surface area (Å²) in [6, 6.07) is 12.7. The third-order valence-corrected chi connectivity index (χ3v) is 7.32. The molecule has 0 aliphatic carbocycles. The number of amides is 1. The second-order valence-corrected chi connectivity index (χ2v) is 9.99. The van der Waals surface area contributed by atoms with E-state index >= 15 is 0 Å². The molecule has 1 amide bonds. The highest BCUT2D eigenvalue weighted by Gasteiger charge is 2.18. The van der Waals surface area contributed by atoms with Gasteiger partial charge in [0.25, 0.3) is 0 Å². The summed E-state index contributed by atoms with van der Waals surface area (Å²) in [4.78, 5) is 15.1. The quantitative estimate of drug-likeness (QED) is 0.360. The molecular formula is C23H24Cl3N5OS. The van der Waals surface area contributed by atoms with E-state index in [0.29, 0.717) is 25.9 Å². The smallest absolute Gasteiger partial charge is 0.234 e. The molecule has 4 rings (SSSR count). The number of anilines is 1. The summed E-state index contributed by atoms with van der Waals surface area (Å²) in [6.45, 7) is 3.88. The summed E-state index contributed by atoms with van der Waals surface area (Å²) in [5.74, 6) is 0.707. The minimum atomic E-state index is -0.214. The minimum absolute atomic E-state index is 0.157. The summed E-state index contributed by atoms with van der Waals surface area (Å²) in [7, 11) is 0. The van der Waals surface area contributed by atoms with Crippen molar-refractivity contribution in [1.29, 1.82) is 0 Å². The van der Waals surface area contributed by atoms with Gasteiger partial charge in [-0.05, 0) is 62.3 Å². The average molecular weight is 525 g/mol. The molecule has 0 spiro atoms. The molecule has 33 heavy (non-hydrogen) atoms. The summed E-state index contributed by atoms with van der Waals surface area (Å²) in [5, 5.41) is 13.8. The topological polar surface area (TPSA) is 63.1 Å². The van der Waals surface area contributed by atoms with E-state index in [1.54, 1.807) is 18.2 Å². The van der Waals surface area contributed by atoms with Crippen LogP contribution in [0.1, 0.15) is 19.3 Å². The first-order valence-corrected chi connectivity index (χ1v) is 12.9. The van der Waals surface area contributed by atoms with Gasteiger partial charge in [-0.25, -0.2) is 0 Å². The normalized spacial score (nSPS) is 14.4. The van der Waals surface area contributed by atoms with E-state index in [1.165, 1.54) is 31.0 Å². The van der Waals surface area contributed by atoms with Crippen molar-refractivity contribution < 1.29 is 4.79 Å². The zero-order chi connectivity index (χ0) is 23.2. The lowest BCUT2D eigenvalue weighted by molar-refractivity contribution is -0.113. The molecule has 0 radical (unpaired) electrons. The van der Waals surface area contributed by atoms with Crippen LogP contribution in [-0.4, -0.2) is 51.0 Å². The number of benzene rings is 2. The number of hydrogen-bond donors (Lipinski definition) is 1. The predicted molar refractivity (Wildman–Crippen MR) is 137 cm³/mol.